The van der Waals surface area contributed by atoms with E-state index in [1.165, 1.54) is 45.7 Å². The molecule has 0 aliphatic carbocycles. The fraction of sp³-hybridized carbons (Fsp3) is 0.409. The van der Waals surface area contributed by atoms with Crippen molar-refractivity contribution in [3.8, 4) is 17.2 Å². The minimum atomic E-state index is -2.07. The summed E-state index contributed by atoms with van der Waals surface area (Å²) in [5, 5.41) is 58.5. The molecule has 0 radical (unpaired) electrons. The molecule has 58 heavy (non-hydrogen) atoms. The second-order valence-corrected chi connectivity index (χ2v) is 17.5. The van der Waals surface area contributed by atoms with Crippen molar-refractivity contribution in [2.24, 2.45) is 22.7 Å². The van der Waals surface area contributed by atoms with E-state index in [9.17, 15) is 30.3 Å². The highest BCUT2D eigenvalue weighted by atomic mass is 33.1. The Bertz CT molecular complexity index is 2060. The first-order valence-corrected chi connectivity index (χ1v) is 22.0. The van der Waals surface area contributed by atoms with Crippen LogP contribution in [0.2, 0.25) is 0 Å². The number of aliphatic hydroxyl groups is 3. The number of aryl methyl sites for hydroxylation is 1. The van der Waals surface area contributed by atoms with Crippen LogP contribution in [0.5, 0.6) is 17.2 Å². The summed E-state index contributed by atoms with van der Waals surface area (Å²) in [4.78, 5) is 16.9. The molecule has 0 aromatic heterocycles. The van der Waals surface area contributed by atoms with Gasteiger partial charge >= 0.3 is 5.97 Å². The number of phenols is 1. The second kappa shape index (κ2) is 18.8. The van der Waals surface area contributed by atoms with Gasteiger partial charge in [0.05, 0.1) is 12.1 Å². The summed E-state index contributed by atoms with van der Waals surface area (Å²) < 4.78 is 24.3. The molecule has 0 amide bonds. The molecule has 0 saturated carbocycles. The van der Waals surface area contributed by atoms with E-state index < -0.39 is 36.2 Å². The number of fused-ring (bicyclic) bond motifs is 2. The van der Waals surface area contributed by atoms with E-state index in [1.54, 1.807) is 35.1 Å². The number of phenolic OH excluding ortho intramolecular Hbond substituents is 1. The van der Waals surface area contributed by atoms with Crippen LogP contribution in [-0.2, 0) is 20.7 Å². The smallest absolute Gasteiger partial charge is 0.335 e. The molecule has 8 atom stereocenters. The molecule has 12 nitrogen and oxygen atoms in total. The lowest BCUT2D eigenvalue weighted by molar-refractivity contribution is -0.316. The number of carbonyl (C=O) groups is 1. The van der Waals surface area contributed by atoms with Gasteiger partial charge in [0.15, 0.2) is 11.7 Å². The Labute approximate surface area is 346 Å². The lowest BCUT2D eigenvalue weighted by atomic mass is 9.77. The molecule has 308 valence electrons. The Kier molecular flexibility index (Phi) is 13.5. The van der Waals surface area contributed by atoms with Crippen molar-refractivity contribution in [2.75, 3.05) is 37.9 Å². The molecular formula is C44H50N2O10S2. The average molecular weight is 831 g/mol. The number of hydrogen-bond donors (Lipinski definition) is 6. The maximum Gasteiger partial charge on any atom is 0.335 e. The third-order valence-electron chi connectivity index (χ3n) is 11.4. The zero-order valence-corrected chi connectivity index (χ0v) is 34.0. The summed E-state index contributed by atoms with van der Waals surface area (Å²) >= 11 is 0. The standard InChI is InChI=1S/C44H50N2O10S2/c1-3-27-8-4-5-9-28(27)10-6-7-26(2)34-21-46-24-44(52)41(54-25-58-57-23-36(34)30-17-18-45-20-30)39(49)40(42(50)51)56-43(44)55-32-15-16-33-37(19-32)53-22-35(38(33)48)29-11-13-31(47)14-12-29/h4-6,8-17,19-20,26,34,36,39-41,43,46-49,52H,3,7,18,21-25H2,1-2H3,(H,50,51). The van der Waals surface area contributed by atoms with E-state index in [1.807, 2.05) is 6.21 Å². The molecule has 2 saturated heterocycles. The first-order chi connectivity index (χ1) is 28.1. The first kappa shape index (κ1) is 41.9. The second-order valence-electron chi connectivity index (χ2n) is 15.0. The van der Waals surface area contributed by atoms with Crippen LogP contribution in [0.25, 0.3) is 17.4 Å². The van der Waals surface area contributed by atoms with E-state index in [0.717, 1.165) is 18.6 Å². The highest BCUT2D eigenvalue weighted by molar-refractivity contribution is 8.76. The van der Waals surface area contributed by atoms with Crippen LogP contribution in [0.15, 0.2) is 89.4 Å². The van der Waals surface area contributed by atoms with Crippen molar-refractivity contribution >= 4 is 51.2 Å². The average Bonchev–Trinajstić information content (AvgIpc) is 3.75. The summed E-state index contributed by atoms with van der Waals surface area (Å²) in [6, 6.07) is 19.5. The lowest BCUT2D eigenvalue weighted by Crippen LogP contribution is -2.72. The zero-order chi connectivity index (χ0) is 40.8. The third-order valence-corrected chi connectivity index (χ3v) is 13.5. The summed E-state index contributed by atoms with van der Waals surface area (Å²) in [5.74, 6) is 0.402. The van der Waals surface area contributed by atoms with Gasteiger partial charge in [0.25, 0.3) is 0 Å². The number of aromatic hydroxyl groups is 1. The third kappa shape index (κ3) is 9.13. The SMILES string of the molecule is CCc1ccccc1C=CCC(C)C1CNCC2(O)C(Oc3ccc4c(c3)OCC(c3ccc(O)cc3)=C4O)OC(C(=O)O)C(O)C2OCSSCC1C1=CCN=C1. The Morgan fingerprint density at radius 1 is 1.12 bits per heavy atom. The number of ether oxygens (including phenoxy) is 4. The topological polar surface area (TPSA) is 180 Å². The minimum absolute atomic E-state index is 0.00422. The van der Waals surface area contributed by atoms with Crippen molar-refractivity contribution in [2.45, 2.75) is 56.9 Å². The van der Waals surface area contributed by atoms with Crippen LogP contribution in [0.1, 0.15) is 42.5 Å². The van der Waals surface area contributed by atoms with Crippen molar-refractivity contribution in [1.29, 1.82) is 0 Å². The summed E-state index contributed by atoms with van der Waals surface area (Å²) in [7, 11) is 3.05. The van der Waals surface area contributed by atoms with Gasteiger partial charge in [-0.25, -0.2) is 4.79 Å². The largest absolute Gasteiger partial charge is 0.508 e. The quantitative estimate of drug-likeness (QED) is 0.124. The number of carboxylic acid groups (broad SMARTS) is 1. The number of benzene rings is 3. The van der Waals surface area contributed by atoms with E-state index in [0.29, 0.717) is 35.5 Å². The number of rotatable bonds is 10. The maximum atomic E-state index is 12.6. The highest BCUT2D eigenvalue weighted by Crippen LogP contribution is 2.42. The molecule has 4 aliphatic rings. The molecule has 7 rings (SSSR count). The van der Waals surface area contributed by atoms with E-state index in [4.69, 9.17) is 18.9 Å². The van der Waals surface area contributed by atoms with Crippen molar-refractivity contribution in [3.63, 3.8) is 0 Å². The van der Waals surface area contributed by atoms with Gasteiger partial charge in [-0.05, 0) is 83.7 Å². The molecule has 3 aromatic carbocycles. The Balaban J connectivity index is 1.15. The number of aliphatic imine (C=N–C) groups is 1. The van der Waals surface area contributed by atoms with Crippen molar-refractivity contribution < 1.29 is 49.3 Å². The first-order valence-electron chi connectivity index (χ1n) is 19.5. The minimum Gasteiger partial charge on any atom is -0.508 e. The van der Waals surface area contributed by atoms with Gasteiger partial charge in [-0.15, -0.1) is 0 Å². The Morgan fingerprint density at radius 2 is 1.93 bits per heavy atom. The number of nitrogens with one attached hydrogen (secondary N) is 1. The molecule has 2 fully saturated rings. The molecular weight excluding hydrogens is 781 g/mol. The number of aliphatic hydroxyl groups excluding tert-OH is 2. The predicted molar refractivity (Wildman–Crippen MR) is 227 cm³/mol. The maximum absolute atomic E-state index is 12.6. The summed E-state index contributed by atoms with van der Waals surface area (Å²) in [6.07, 6.45) is 3.83. The number of nitrogens with zero attached hydrogens (tertiary/aromatic N) is 1. The van der Waals surface area contributed by atoms with Crippen LogP contribution in [-0.4, -0.2) is 106 Å². The van der Waals surface area contributed by atoms with Crippen LogP contribution < -0.4 is 14.8 Å². The molecule has 4 heterocycles. The van der Waals surface area contributed by atoms with E-state index in [-0.39, 0.29) is 54.1 Å². The molecule has 0 spiro atoms. The molecule has 3 aromatic rings. The monoisotopic (exact) mass is 830 g/mol. The fourth-order valence-corrected chi connectivity index (χ4v) is 10.1. The molecule has 8 unspecified atom stereocenters. The summed E-state index contributed by atoms with van der Waals surface area (Å²) in [6.45, 7) is 5.38. The number of allylic oxidation sites excluding steroid dienone is 2. The number of β-amino-alcohol motifs (C(OH)–C–C–N with tert-alkyl or cyclic N) is 1. The predicted octanol–water partition coefficient (Wildman–Crippen LogP) is 6.36. The van der Waals surface area contributed by atoms with Crippen molar-refractivity contribution in [1.82, 2.24) is 5.32 Å². The van der Waals surface area contributed by atoms with Crippen molar-refractivity contribution in [3.05, 3.63) is 107 Å². The highest BCUT2D eigenvalue weighted by Gasteiger charge is 2.59. The lowest BCUT2D eigenvalue weighted by Gasteiger charge is -2.49. The van der Waals surface area contributed by atoms with Gasteiger partial charge in [0.1, 0.15) is 47.8 Å². The summed E-state index contributed by atoms with van der Waals surface area (Å²) in [5.41, 5.74) is 3.21. The van der Waals surface area contributed by atoms with Gasteiger partial charge < -0.3 is 49.8 Å². The van der Waals surface area contributed by atoms with Crippen LogP contribution in [0.3, 0.4) is 0 Å². The van der Waals surface area contributed by atoms with E-state index >= 15 is 0 Å². The number of aliphatic carboxylic acids is 1. The van der Waals surface area contributed by atoms with Crippen LogP contribution in [0.4, 0.5) is 0 Å². The fourth-order valence-electron chi connectivity index (χ4n) is 8.08. The normalized spacial score (nSPS) is 28.4. The van der Waals surface area contributed by atoms with Gasteiger partial charge in [-0.2, -0.15) is 0 Å². The van der Waals surface area contributed by atoms with Crippen LogP contribution in [0, 0.1) is 17.8 Å². The van der Waals surface area contributed by atoms with Gasteiger partial charge in [-0.1, -0.05) is 90.1 Å². The van der Waals surface area contributed by atoms with Crippen LogP contribution >= 0.6 is 21.6 Å². The molecule has 4 aliphatic heterocycles. The van der Waals surface area contributed by atoms with Gasteiger partial charge in [-0.3, -0.25) is 4.99 Å². The molecule has 14 heteroatoms. The Morgan fingerprint density at radius 3 is 2.69 bits per heavy atom. The molecule has 0 bridgehead atoms. The van der Waals surface area contributed by atoms with E-state index in [2.05, 4.69) is 66.7 Å². The number of carboxylic acids is 1. The van der Waals surface area contributed by atoms with Gasteiger partial charge in [0, 0.05) is 30.2 Å². The molecule has 6 N–H and O–H groups in total. The number of hydrogen-bond acceptors (Lipinski definition) is 13. The van der Waals surface area contributed by atoms with Gasteiger partial charge in [0.2, 0.25) is 6.29 Å². The Hall–Kier alpha value is -4.28. The zero-order valence-electron chi connectivity index (χ0n) is 32.4.